The number of aliphatic hydroxyl groups excluding tert-OH is 1. The van der Waals surface area contributed by atoms with Crippen LogP contribution in [0, 0.1) is 0 Å². The lowest BCUT2D eigenvalue weighted by atomic mass is 9.95. The van der Waals surface area contributed by atoms with Crippen LogP contribution in [0.1, 0.15) is 28.6 Å². The Morgan fingerprint density at radius 2 is 2.16 bits per heavy atom. The van der Waals surface area contributed by atoms with Gasteiger partial charge in [-0.1, -0.05) is 24.8 Å². The van der Waals surface area contributed by atoms with Crippen molar-refractivity contribution < 1.29 is 23.8 Å². The number of aromatic nitrogens is 2. The molecule has 8 nitrogen and oxygen atoms in total. The maximum atomic E-state index is 13.2. The van der Waals surface area contributed by atoms with E-state index in [1.165, 1.54) is 17.2 Å². The highest BCUT2D eigenvalue weighted by molar-refractivity contribution is 6.15. The maximum absolute atomic E-state index is 13.2. The largest absolute Gasteiger partial charge is 0.503 e. The van der Waals surface area contributed by atoms with Gasteiger partial charge in [-0.05, 0) is 36.2 Å². The Hall–Kier alpha value is -4.07. The predicted molar refractivity (Wildman–Crippen MR) is 116 cm³/mol. The van der Waals surface area contributed by atoms with Crippen LogP contribution in [-0.2, 0) is 11.3 Å². The van der Waals surface area contributed by atoms with E-state index in [-0.39, 0.29) is 11.3 Å². The Labute approximate surface area is 185 Å². The third kappa shape index (κ3) is 4.20. The zero-order chi connectivity index (χ0) is 22.5. The fraction of sp³-hybridized carbons (Fsp3) is 0.208. The molecule has 1 amide bonds. The van der Waals surface area contributed by atoms with E-state index in [0.717, 1.165) is 0 Å². The van der Waals surface area contributed by atoms with Gasteiger partial charge in [-0.25, -0.2) is 4.98 Å². The quantitative estimate of drug-likeness (QED) is 0.387. The van der Waals surface area contributed by atoms with Gasteiger partial charge in [0, 0.05) is 25.5 Å². The molecule has 3 heterocycles. The van der Waals surface area contributed by atoms with E-state index in [1.54, 1.807) is 48.9 Å². The van der Waals surface area contributed by atoms with Crippen LogP contribution in [0.3, 0.4) is 0 Å². The maximum Gasteiger partial charge on any atom is 0.290 e. The standard InChI is InChI=1S/C24H23N3O5/c1-2-13-31-18-7-3-6-17(15-18)21-20(22(28)19-8-4-14-32-19)23(29)24(30)27(21)11-5-10-26-12-9-25-16-26/h2-4,6-9,12,14-16,21,29H,1,5,10-11,13H2. The van der Waals surface area contributed by atoms with Crippen LogP contribution in [0.2, 0.25) is 0 Å². The van der Waals surface area contributed by atoms with Gasteiger partial charge < -0.3 is 23.7 Å². The summed E-state index contributed by atoms with van der Waals surface area (Å²) in [5, 5.41) is 10.7. The van der Waals surface area contributed by atoms with Crippen LogP contribution < -0.4 is 4.74 Å². The molecule has 8 heteroatoms. The molecule has 1 unspecified atom stereocenters. The monoisotopic (exact) mass is 433 g/mol. The number of aryl methyl sites for hydroxylation is 1. The highest BCUT2D eigenvalue weighted by atomic mass is 16.5. The summed E-state index contributed by atoms with van der Waals surface area (Å²) in [4.78, 5) is 31.7. The summed E-state index contributed by atoms with van der Waals surface area (Å²) in [7, 11) is 0. The van der Waals surface area contributed by atoms with Crippen LogP contribution in [-0.4, -0.2) is 44.4 Å². The summed E-state index contributed by atoms with van der Waals surface area (Å²) in [5.41, 5.74) is 0.648. The number of nitrogens with zero attached hydrogens (tertiary/aromatic N) is 3. The van der Waals surface area contributed by atoms with Crippen molar-refractivity contribution in [3.8, 4) is 5.75 Å². The zero-order valence-electron chi connectivity index (χ0n) is 17.4. The smallest absolute Gasteiger partial charge is 0.290 e. The fourth-order valence-corrected chi connectivity index (χ4v) is 3.78. The molecule has 32 heavy (non-hydrogen) atoms. The lowest BCUT2D eigenvalue weighted by Gasteiger charge is -2.27. The molecule has 0 saturated carbocycles. The summed E-state index contributed by atoms with van der Waals surface area (Å²) >= 11 is 0. The molecule has 2 aromatic heterocycles. The number of carbonyl (C=O) groups is 2. The third-order valence-corrected chi connectivity index (χ3v) is 5.21. The van der Waals surface area contributed by atoms with Gasteiger partial charge in [-0.2, -0.15) is 0 Å². The summed E-state index contributed by atoms with van der Waals surface area (Å²) in [5.74, 6) is -1.04. The molecule has 1 atom stereocenters. The van der Waals surface area contributed by atoms with Crippen molar-refractivity contribution >= 4 is 11.7 Å². The second-order valence-electron chi connectivity index (χ2n) is 7.30. The zero-order valence-corrected chi connectivity index (χ0v) is 17.4. The SMILES string of the molecule is C=CCOc1cccc(C2C(C(=O)c3ccco3)=C(O)C(=O)N2CCCn2ccnc2)c1. The van der Waals surface area contributed by atoms with Gasteiger partial charge in [0.1, 0.15) is 12.4 Å². The normalized spacial score (nSPS) is 15.9. The number of amides is 1. The molecule has 3 aromatic rings. The van der Waals surface area contributed by atoms with Gasteiger partial charge >= 0.3 is 0 Å². The van der Waals surface area contributed by atoms with E-state index in [0.29, 0.717) is 37.4 Å². The van der Waals surface area contributed by atoms with Gasteiger partial charge in [0.05, 0.1) is 24.2 Å². The predicted octanol–water partition coefficient (Wildman–Crippen LogP) is 3.71. The van der Waals surface area contributed by atoms with Crippen LogP contribution in [0.4, 0.5) is 0 Å². The summed E-state index contributed by atoms with van der Waals surface area (Å²) < 4.78 is 12.8. The molecule has 0 saturated heterocycles. The number of ether oxygens (including phenoxy) is 1. The second-order valence-corrected chi connectivity index (χ2v) is 7.30. The molecule has 1 aromatic carbocycles. The van der Waals surface area contributed by atoms with Crippen molar-refractivity contribution in [1.82, 2.24) is 14.5 Å². The number of carbonyl (C=O) groups excluding carboxylic acids is 2. The van der Waals surface area contributed by atoms with Gasteiger partial charge in [0.2, 0.25) is 5.78 Å². The minimum Gasteiger partial charge on any atom is -0.503 e. The first-order valence-electron chi connectivity index (χ1n) is 10.2. The Bertz CT molecular complexity index is 1130. The molecule has 1 N–H and O–H groups in total. The van der Waals surface area contributed by atoms with E-state index >= 15 is 0 Å². The topological polar surface area (TPSA) is 97.8 Å². The molecule has 0 aliphatic carbocycles. The molecule has 1 aliphatic heterocycles. The number of hydrogen-bond acceptors (Lipinski definition) is 6. The number of aliphatic hydroxyl groups is 1. The lowest BCUT2D eigenvalue weighted by molar-refractivity contribution is -0.129. The number of rotatable bonds is 10. The van der Waals surface area contributed by atoms with Crippen LogP contribution in [0.15, 0.2) is 89.8 Å². The third-order valence-electron chi connectivity index (χ3n) is 5.21. The van der Waals surface area contributed by atoms with Crippen molar-refractivity contribution in [2.75, 3.05) is 13.2 Å². The van der Waals surface area contributed by atoms with E-state index in [4.69, 9.17) is 9.15 Å². The first kappa shape index (κ1) is 21.2. The minimum atomic E-state index is -0.768. The Balaban J connectivity index is 1.67. The number of hydrogen-bond donors (Lipinski definition) is 1. The van der Waals surface area contributed by atoms with Gasteiger partial charge in [0.25, 0.3) is 5.91 Å². The molecule has 1 aliphatic rings. The van der Waals surface area contributed by atoms with E-state index in [1.807, 2.05) is 10.8 Å². The highest BCUT2D eigenvalue weighted by Gasteiger charge is 2.44. The van der Waals surface area contributed by atoms with Gasteiger partial charge in [0.15, 0.2) is 11.5 Å². The van der Waals surface area contributed by atoms with Gasteiger partial charge in [-0.3, -0.25) is 9.59 Å². The van der Waals surface area contributed by atoms with E-state index in [9.17, 15) is 14.7 Å². The number of imidazole rings is 1. The average Bonchev–Trinajstić information content (AvgIpc) is 3.56. The Kier molecular flexibility index (Phi) is 6.21. The number of furan rings is 1. The second kappa shape index (κ2) is 9.38. The number of Topliss-reactive ketones (excluding diaryl/α,β-unsaturated/α-hetero) is 1. The van der Waals surface area contributed by atoms with Gasteiger partial charge in [-0.15, -0.1) is 0 Å². The van der Waals surface area contributed by atoms with E-state index in [2.05, 4.69) is 11.6 Å². The highest BCUT2D eigenvalue weighted by Crippen LogP contribution is 2.40. The average molecular weight is 433 g/mol. The molecule has 4 rings (SSSR count). The molecular weight excluding hydrogens is 410 g/mol. The molecule has 0 spiro atoms. The molecule has 164 valence electrons. The van der Waals surface area contributed by atoms with Crippen molar-refractivity contribution in [3.63, 3.8) is 0 Å². The molecule has 0 fully saturated rings. The first-order chi connectivity index (χ1) is 15.6. The first-order valence-corrected chi connectivity index (χ1v) is 10.2. The molecule has 0 bridgehead atoms. The minimum absolute atomic E-state index is 0.00606. The van der Waals surface area contributed by atoms with Crippen molar-refractivity contribution in [1.29, 1.82) is 0 Å². The Morgan fingerprint density at radius 3 is 2.88 bits per heavy atom. The van der Waals surface area contributed by atoms with Crippen molar-refractivity contribution in [3.05, 3.63) is 96.7 Å². The summed E-state index contributed by atoms with van der Waals surface area (Å²) in [6.45, 7) is 4.94. The fourth-order valence-electron chi connectivity index (χ4n) is 3.78. The van der Waals surface area contributed by atoms with Crippen molar-refractivity contribution in [2.24, 2.45) is 0 Å². The van der Waals surface area contributed by atoms with Crippen LogP contribution >= 0.6 is 0 Å². The summed E-state index contributed by atoms with van der Waals surface area (Å²) in [6, 6.07) is 9.46. The number of benzene rings is 1. The summed E-state index contributed by atoms with van der Waals surface area (Å²) in [6.07, 6.45) is 8.85. The molecular formula is C24H23N3O5. The Morgan fingerprint density at radius 1 is 1.28 bits per heavy atom. The van der Waals surface area contributed by atoms with Crippen LogP contribution in [0.25, 0.3) is 0 Å². The lowest BCUT2D eigenvalue weighted by Crippen LogP contribution is -2.32. The molecule has 0 radical (unpaired) electrons. The van der Waals surface area contributed by atoms with E-state index < -0.39 is 23.5 Å². The van der Waals surface area contributed by atoms with Crippen molar-refractivity contribution in [2.45, 2.75) is 19.0 Å². The number of ketones is 1. The van der Waals surface area contributed by atoms with Crippen LogP contribution in [0.5, 0.6) is 5.75 Å².